The molecule has 3 aliphatic rings. The zero-order chi connectivity index (χ0) is 10.3. The van der Waals surface area contributed by atoms with Crippen LogP contribution in [0.15, 0.2) is 4.99 Å². The lowest BCUT2D eigenvalue weighted by molar-refractivity contribution is 0.196. The minimum Gasteiger partial charge on any atom is -0.463 e. The molecule has 0 radical (unpaired) electrons. The van der Waals surface area contributed by atoms with Gasteiger partial charge in [-0.1, -0.05) is 0 Å². The Balaban J connectivity index is 1.74. The number of nitrogens with zero attached hydrogens (tertiary/aromatic N) is 2. The van der Waals surface area contributed by atoms with Crippen LogP contribution in [0.4, 0.5) is 0 Å². The molecule has 15 heavy (non-hydrogen) atoms. The Morgan fingerprint density at radius 2 is 2.00 bits per heavy atom. The molecule has 1 heterocycles. The summed E-state index contributed by atoms with van der Waals surface area (Å²) in [6, 6.07) is 1.67. The Labute approximate surface area is 91.5 Å². The normalized spacial score (nSPS) is 25.3. The molecule has 0 aromatic rings. The highest BCUT2D eigenvalue weighted by Crippen LogP contribution is 2.47. The van der Waals surface area contributed by atoms with Gasteiger partial charge in [0.15, 0.2) is 0 Å². The average Bonchev–Trinajstić information content (AvgIpc) is 3.17. The third-order valence-electron chi connectivity index (χ3n) is 3.73. The van der Waals surface area contributed by atoms with Gasteiger partial charge in [-0.15, -0.1) is 0 Å². The summed E-state index contributed by atoms with van der Waals surface area (Å²) in [7, 11) is 0. The highest BCUT2D eigenvalue weighted by atomic mass is 16.5. The maximum atomic E-state index is 5.62. The molecule has 0 N–H and O–H groups in total. The van der Waals surface area contributed by atoms with Crippen LogP contribution in [0.25, 0.3) is 0 Å². The summed E-state index contributed by atoms with van der Waals surface area (Å²) < 4.78 is 5.62. The molecular formula is C12H20N2O. The number of amidine groups is 1. The Morgan fingerprint density at radius 1 is 1.33 bits per heavy atom. The van der Waals surface area contributed by atoms with Crippen LogP contribution in [0.1, 0.15) is 32.6 Å². The van der Waals surface area contributed by atoms with E-state index in [4.69, 9.17) is 4.74 Å². The van der Waals surface area contributed by atoms with Gasteiger partial charge in [0, 0.05) is 12.6 Å². The van der Waals surface area contributed by atoms with Crippen molar-refractivity contribution in [3.63, 3.8) is 0 Å². The van der Waals surface area contributed by atoms with E-state index in [0.29, 0.717) is 0 Å². The number of hydrogen-bond donors (Lipinski definition) is 0. The van der Waals surface area contributed by atoms with E-state index >= 15 is 0 Å². The van der Waals surface area contributed by atoms with Crippen LogP contribution in [0, 0.1) is 11.8 Å². The van der Waals surface area contributed by atoms with Crippen LogP contribution in [0.2, 0.25) is 0 Å². The van der Waals surface area contributed by atoms with E-state index in [1.54, 1.807) is 0 Å². The minimum atomic E-state index is 0.742. The molecule has 0 aromatic heterocycles. The summed E-state index contributed by atoms with van der Waals surface area (Å²) in [5.74, 6) is 1.87. The first-order chi connectivity index (χ1) is 7.40. The van der Waals surface area contributed by atoms with E-state index < -0.39 is 0 Å². The van der Waals surface area contributed by atoms with Crippen LogP contribution in [0.3, 0.4) is 0 Å². The van der Waals surface area contributed by atoms with Crippen molar-refractivity contribution >= 4 is 6.02 Å². The van der Waals surface area contributed by atoms with Crippen molar-refractivity contribution in [1.29, 1.82) is 0 Å². The van der Waals surface area contributed by atoms with Crippen molar-refractivity contribution in [1.82, 2.24) is 4.90 Å². The van der Waals surface area contributed by atoms with Crippen molar-refractivity contribution in [3.8, 4) is 0 Å². The topological polar surface area (TPSA) is 24.8 Å². The van der Waals surface area contributed by atoms with Gasteiger partial charge in [-0.2, -0.15) is 0 Å². The SMILES string of the molecule is CCN(C1=NCCO1)C(C1CC1)C1CC1. The first kappa shape index (κ1) is 9.49. The molecule has 0 bridgehead atoms. The summed E-state index contributed by atoms with van der Waals surface area (Å²) in [6.07, 6.45) is 5.69. The third-order valence-corrected chi connectivity index (χ3v) is 3.73. The first-order valence-electron chi connectivity index (χ1n) is 6.34. The van der Waals surface area contributed by atoms with Crippen molar-refractivity contribution < 1.29 is 4.74 Å². The van der Waals surface area contributed by atoms with E-state index in [0.717, 1.165) is 43.6 Å². The van der Waals surface area contributed by atoms with E-state index in [1.165, 1.54) is 25.7 Å². The lowest BCUT2D eigenvalue weighted by Crippen LogP contribution is -2.43. The maximum absolute atomic E-state index is 5.62. The smallest absolute Gasteiger partial charge is 0.287 e. The molecule has 2 fully saturated rings. The van der Waals surface area contributed by atoms with Gasteiger partial charge in [-0.25, -0.2) is 4.99 Å². The van der Waals surface area contributed by atoms with Gasteiger partial charge in [0.05, 0.1) is 6.54 Å². The molecule has 1 aliphatic heterocycles. The van der Waals surface area contributed by atoms with Gasteiger partial charge in [-0.05, 0) is 44.4 Å². The molecule has 3 nitrogen and oxygen atoms in total. The number of aliphatic imine (C=N–C) groups is 1. The molecule has 0 saturated heterocycles. The molecule has 0 aromatic carbocycles. The van der Waals surface area contributed by atoms with Crippen LogP contribution in [-0.4, -0.2) is 36.7 Å². The van der Waals surface area contributed by atoms with Gasteiger partial charge >= 0.3 is 0 Å². The minimum absolute atomic E-state index is 0.742. The first-order valence-corrected chi connectivity index (χ1v) is 6.34. The van der Waals surface area contributed by atoms with Crippen molar-refractivity contribution in [3.05, 3.63) is 0 Å². The Hall–Kier alpha value is -0.730. The molecule has 2 aliphatic carbocycles. The van der Waals surface area contributed by atoms with Crippen LogP contribution in [0.5, 0.6) is 0 Å². The molecule has 0 spiro atoms. The number of hydrogen-bond acceptors (Lipinski definition) is 3. The fourth-order valence-electron chi connectivity index (χ4n) is 2.74. The predicted octanol–water partition coefficient (Wildman–Crippen LogP) is 1.88. The Bertz CT molecular complexity index is 257. The molecule has 3 heteroatoms. The summed E-state index contributed by atoms with van der Waals surface area (Å²) in [5.41, 5.74) is 0. The highest BCUT2D eigenvalue weighted by molar-refractivity contribution is 5.75. The van der Waals surface area contributed by atoms with Crippen molar-refractivity contribution in [2.45, 2.75) is 38.6 Å². The highest BCUT2D eigenvalue weighted by Gasteiger charge is 2.45. The van der Waals surface area contributed by atoms with Crippen LogP contribution >= 0.6 is 0 Å². The number of rotatable bonds is 4. The number of ether oxygens (including phenoxy) is 1. The molecule has 84 valence electrons. The van der Waals surface area contributed by atoms with Gasteiger partial charge in [0.1, 0.15) is 6.61 Å². The predicted molar refractivity (Wildman–Crippen MR) is 59.9 cm³/mol. The standard InChI is InChI=1S/C12H20N2O/c1-2-14(12-13-7-8-15-12)11(9-3-4-9)10-5-6-10/h9-11H,2-8H2,1H3. The van der Waals surface area contributed by atoms with Crippen LogP contribution < -0.4 is 0 Å². The van der Waals surface area contributed by atoms with Gasteiger partial charge in [0.2, 0.25) is 0 Å². The van der Waals surface area contributed by atoms with Gasteiger partial charge < -0.3 is 9.64 Å². The Morgan fingerprint density at radius 3 is 2.40 bits per heavy atom. The molecule has 2 saturated carbocycles. The zero-order valence-electron chi connectivity index (χ0n) is 9.48. The molecule has 0 unspecified atom stereocenters. The van der Waals surface area contributed by atoms with Gasteiger partial charge in [-0.3, -0.25) is 0 Å². The largest absolute Gasteiger partial charge is 0.463 e. The lowest BCUT2D eigenvalue weighted by atomic mass is 10.1. The molecule has 3 rings (SSSR count). The van der Waals surface area contributed by atoms with Gasteiger partial charge in [0.25, 0.3) is 6.02 Å². The second-order valence-electron chi connectivity index (χ2n) is 4.96. The summed E-state index contributed by atoms with van der Waals surface area (Å²) >= 11 is 0. The van der Waals surface area contributed by atoms with E-state index in [2.05, 4.69) is 16.8 Å². The fraction of sp³-hybridized carbons (Fsp3) is 0.917. The summed E-state index contributed by atoms with van der Waals surface area (Å²) in [5, 5.41) is 0. The second kappa shape index (κ2) is 3.69. The van der Waals surface area contributed by atoms with E-state index in [1.807, 2.05) is 0 Å². The fourth-order valence-corrected chi connectivity index (χ4v) is 2.74. The van der Waals surface area contributed by atoms with E-state index in [9.17, 15) is 0 Å². The van der Waals surface area contributed by atoms with Crippen molar-refractivity contribution in [2.24, 2.45) is 16.8 Å². The van der Waals surface area contributed by atoms with E-state index in [-0.39, 0.29) is 0 Å². The van der Waals surface area contributed by atoms with Crippen molar-refractivity contribution in [2.75, 3.05) is 19.7 Å². The zero-order valence-corrected chi connectivity index (χ0v) is 9.48. The third kappa shape index (κ3) is 1.84. The molecular weight excluding hydrogens is 188 g/mol. The quantitative estimate of drug-likeness (QED) is 0.704. The Kier molecular flexibility index (Phi) is 2.33. The summed E-state index contributed by atoms with van der Waals surface area (Å²) in [4.78, 5) is 6.90. The maximum Gasteiger partial charge on any atom is 0.287 e. The van der Waals surface area contributed by atoms with Crippen LogP contribution in [-0.2, 0) is 4.74 Å². The summed E-state index contributed by atoms with van der Waals surface area (Å²) in [6.45, 7) is 4.92. The average molecular weight is 208 g/mol. The second-order valence-corrected chi connectivity index (χ2v) is 4.96. The lowest BCUT2D eigenvalue weighted by Gasteiger charge is -2.31. The molecule has 0 amide bonds. The monoisotopic (exact) mass is 208 g/mol. The molecule has 0 atom stereocenters.